The molecule has 23 heavy (non-hydrogen) atoms. The van der Waals surface area contributed by atoms with E-state index in [1.165, 1.54) is 24.3 Å². The van der Waals surface area contributed by atoms with Crippen LogP contribution in [0.25, 0.3) is 0 Å². The average molecular weight is 319 g/mol. The van der Waals surface area contributed by atoms with Crippen LogP contribution in [0.15, 0.2) is 47.1 Å². The predicted octanol–water partition coefficient (Wildman–Crippen LogP) is 1.82. The van der Waals surface area contributed by atoms with Crippen LogP contribution in [0.2, 0.25) is 0 Å². The second-order valence-electron chi connectivity index (χ2n) is 4.95. The average Bonchev–Trinajstić information content (AvgIpc) is 3.07. The predicted molar refractivity (Wildman–Crippen MR) is 83.2 cm³/mol. The van der Waals surface area contributed by atoms with Crippen LogP contribution in [0, 0.1) is 5.82 Å². The summed E-state index contributed by atoms with van der Waals surface area (Å²) in [5.41, 5.74) is 0.468. The van der Waals surface area contributed by atoms with Crippen molar-refractivity contribution in [1.29, 1.82) is 0 Å². The monoisotopic (exact) mass is 319 g/mol. The maximum absolute atomic E-state index is 12.7. The number of rotatable bonds is 7. The van der Waals surface area contributed by atoms with Gasteiger partial charge < -0.3 is 15.1 Å². The Morgan fingerprint density at radius 3 is 2.52 bits per heavy atom. The summed E-state index contributed by atoms with van der Waals surface area (Å²) >= 11 is 0. The summed E-state index contributed by atoms with van der Waals surface area (Å²) in [5, 5.41) is 8.04. The van der Waals surface area contributed by atoms with Crippen molar-refractivity contribution in [1.82, 2.24) is 10.6 Å². The lowest BCUT2D eigenvalue weighted by Gasteiger charge is -2.11. The Hall–Kier alpha value is -2.67. The molecule has 0 radical (unpaired) electrons. The maximum atomic E-state index is 12.7. The van der Waals surface area contributed by atoms with Gasteiger partial charge in [-0.3, -0.25) is 14.9 Å². The zero-order valence-corrected chi connectivity index (χ0v) is 12.6. The molecule has 2 amide bonds. The van der Waals surface area contributed by atoms with E-state index in [1.54, 1.807) is 12.3 Å². The minimum atomic E-state index is -0.385. The number of amides is 2. The van der Waals surface area contributed by atoms with Gasteiger partial charge in [0.1, 0.15) is 11.6 Å². The van der Waals surface area contributed by atoms with Crippen LogP contribution in [0.3, 0.4) is 0 Å². The van der Waals surface area contributed by atoms with Gasteiger partial charge in [-0.25, -0.2) is 4.39 Å². The number of nitrogens with one attached hydrogen (secondary N) is 3. The van der Waals surface area contributed by atoms with Gasteiger partial charge in [-0.05, 0) is 43.3 Å². The van der Waals surface area contributed by atoms with Crippen molar-refractivity contribution in [2.24, 2.45) is 0 Å². The minimum Gasteiger partial charge on any atom is -0.468 e. The third-order valence-electron chi connectivity index (χ3n) is 3.11. The number of hydrogen-bond acceptors (Lipinski definition) is 4. The molecule has 0 fully saturated rings. The first kappa shape index (κ1) is 16.7. The molecule has 0 bridgehead atoms. The van der Waals surface area contributed by atoms with Crippen molar-refractivity contribution in [3.63, 3.8) is 0 Å². The molecule has 0 saturated heterocycles. The largest absolute Gasteiger partial charge is 0.468 e. The van der Waals surface area contributed by atoms with E-state index in [9.17, 15) is 14.0 Å². The van der Waals surface area contributed by atoms with Gasteiger partial charge in [-0.2, -0.15) is 0 Å². The molecule has 0 unspecified atom stereocenters. The molecule has 0 aliphatic carbocycles. The van der Waals surface area contributed by atoms with Crippen molar-refractivity contribution in [2.75, 3.05) is 18.4 Å². The summed E-state index contributed by atoms with van der Waals surface area (Å²) in [6.07, 6.45) is 1.56. The number of halogens is 1. The highest BCUT2D eigenvalue weighted by atomic mass is 19.1. The van der Waals surface area contributed by atoms with Crippen molar-refractivity contribution < 1.29 is 18.4 Å². The van der Waals surface area contributed by atoms with Crippen LogP contribution >= 0.6 is 0 Å². The molecule has 0 aliphatic rings. The number of furan rings is 1. The zero-order valence-electron chi connectivity index (χ0n) is 12.6. The van der Waals surface area contributed by atoms with E-state index in [4.69, 9.17) is 4.42 Å². The highest BCUT2D eigenvalue weighted by Crippen LogP contribution is 2.11. The van der Waals surface area contributed by atoms with Crippen molar-refractivity contribution >= 4 is 17.5 Å². The molecule has 7 heteroatoms. The molecule has 1 heterocycles. The smallest absolute Gasteiger partial charge is 0.243 e. The Balaban J connectivity index is 1.67. The van der Waals surface area contributed by atoms with Crippen molar-refractivity contribution in [2.45, 2.75) is 13.0 Å². The third-order valence-corrected chi connectivity index (χ3v) is 3.11. The van der Waals surface area contributed by atoms with Gasteiger partial charge >= 0.3 is 0 Å². The molecule has 2 aromatic rings. The lowest BCUT2D eigenvalue weighted by atomic mass is 10.2. The molecular formula is C16H18FN3O3. The van der Waals surface area contributed by atoms with E-state index in [-0.39, 0.29) is 36.8 Å². The van der Waals surface area contributed by atoms with Crippen LogP contribution < -0.4 is 16.0 Å². The van der Waals surface area contributed by atoms with E-state index in [2.05, 4.69) is 16.0 Å². The number of carbonyl (C=O) groups excluding carboxylic acids is 2. The summed E-state index contributed by atoms with van der Waals surface area (Å²) < 4.78 is 18.0. The number of benzene rings is 1. The highest BCUT2D eigenvalue weighted by molar-refractivity contribution is 5.94. The maximum Gasteiger partial charge on any atom is 0.243 e. The Bertz CT molecular complexity index is 641. The van der Waals surface area contributed by atoms with Crippen LogP contribution in [-0.2, 0) is 9.59 Å². The van der Waals surface area contributed by atoms with E-state index < -0.39 is 0 Å². The van der Waals surface area contributed by atoms with Gasteiger partial charge in [0, 0.05) is 5.69 Å². The molecule has 0 aliphatic heterocycles. The second kappa shape index (κ2) is 8.09. The fourth-order valence-electron chi connectivity index (χ4n) is 1.86. The standard InChI is InChI=1S/C16H18FN3O3/c1-11(14-3-2-8-23-14)18-9-15(21)19-10-16(22)20-13-6-4-12(17)5-7-13/h2-8,11,18H,9-10H2,1H3,(H,19,21)(H,20,22)/t11-/m0/s1. The topological polar surface area (TPSA) is 83.4 Å². The molecule has 1 aromatic carbocycles. The van der Waals surface area contributed by atoms with E-state index in [0.717, 1.165) is 5.76 Å². The lowest BCUT2D eigenvalue weighted by Crippen LogP contribution is -2.39. The number of hydrogen-bond donors (Lipinski definition) is 3. The van der Waals surface area contributed by atoms with Gasteiger partial charge in [-0.15, -0.1) is 0 Å². The molecule has 2 rings (SSSR count). The van der Waals surface area contributed by atoms with E-state index in [0.29, 0.717) is 5.69 Å². The van der Waals surface area contributed by atoms with Gasteiger partial charge in [-0.1, -0.05) is 0 Å². The fraction of sp³-hybridized carbons (Fsp3) is 0.250. The molecule has 122 valence electrons. The summed E-state index contributed by atoms with van der Waals surface area (Å²) in [5.74, 6) is -0.346. The molecular weight excluding hydrogens is 301 g/mol. The van der Waals surface area contributed by atoms with E-state index >= 15 is 0 Å². The van der Waals surface area contributed by atoms with Gasteiger partial charge in [0.15, 0.2) is 0 Å². The van der Waals surface area contributed by atoms with Crippen molar-refractivity contribution in [3.05, 3.63) is 54.2 Å². The van der Waals surface area contributed by atoms with Gasteiger partial charge in [0.05, 0.1) is 25.4 Å². The summed E-state index contributed by atoms with van der Waals surface area (Å²) in [6.45, 7) is 1.77. The van der Waals surface area contributed by atoms with Gasteiger partial charge in [0.2, 0.25) is 11.8 Å². The second-order valence-corrected chi connectivity index (χ2v) is 4.95. The van der Waals surface area contributed by atoms with Crippen LogP contribution in [0.5, 0.6) is 0 Å². The first-order valence-corrected chi connectivity index (χ1v) is 7.13. The Morgan fingerprint density at radius 2 is 1.87 bits per heavy atom. The summed E-state index contributed by atoms with van der Waals surface area (Å²) in [6, 6.07) is 8.86. The highest BCUT2D eigenvalue weighted by Gasteiger charge is 2.10. The first-order valence-electron chi connectivity index (χ1n) is 7.13. The molecule has 1 atom stereocenters. The van der Waals surface area contributed by atoms with Crippen molar-refractivity contribution in [3.8, 4) is 0 Å². The lowest BCUT2D eigenvalue weighted by molar-refractivity contribution is -0.123. The molecule has 3 N–H and O–H groups in total. The van der Waals surface area contributed by atoms with Crippen LogP contribution in [0.4, 0.5) is 10.1 Å². The zero-order chi connectivity index (χ0) is 16.7. The fourth-order valence-corrected chi connectivity index (χ4v) is 1.86. The molecule has 6 nitrogen and oxygen atoms in total. The number of anilines is 1. The number of carbonyl (C=O) groups is 2. The Labute approximate surface area is 133 Å². The molecule has 1 aromatic heterocycles. The normalized spacial score (nSPS) is 11.7. The van der Waals surface area contributed by atoms with E-state index in [1.807, 2.05) is 13.0 Å². The first-order chi connectivity index (χ1) is 11.0. The van der Waals surface area contributed by atoms with Crippen LogP contribution in [-0.4, -0.2) is 24.9 Å². The quantitative estimate of drug-likeness (QED) is 0.727. The van der Waals surface area contributed by atoms with Crippen LogP contribution in [0.1, 0.15) is 18.7 Å². The van der Waals surface area contributed by atoms with Gasteiger partial charge in [0.25, 0.3) is 0 Å². The SMILES string of the molecule is C[C@H](NCC(=O)NCC(=O)Nc1ccc(F)cc1)c1ccco1. The summed E-state index contributed by atoms with van der Waals surface area (Å²) in [4.78, 5) is 23.4. The molecule has 0 spiro atoms. The summed E-state index contributed by atoms with van der Waals surface area (Å²) in [7, 11) is 0. The molecule has 0 saturated carbocycles. The third kappa shape index (κ3) is 5.55. The Morgan fingerprint density at radius 1 is 1.13 bits per heavy atom. The Kier molecular flexibility index (Phi) is 5.87. The minimum absolute atomic E-state index is 0.0612.